The van der Waals surface area contributed by atoms with Crippen molar-refractivity contribution in [2.75, 3.05) is 13.1 Å². The van der Waals surface area contributed by atoms with Crippen molar-refractivity contribution in [3.05, 3.63) is 0 Å². The van der Waals surface area contributed by atoms with E-state index in [4.69, 9.17) is 0 Å². The first kappa shape index (κ1) is 10.5. The number of nitrogens with zero attached hydrogens (tertiary/aromatic N) is 1. The van der Waals surface area contributed by atoms with Crippen LogP contribution >= 0.6 is 0 Å². The molecular formula is C13H25N. The largest absolute Gasteiger partial charge is 0.300 e. The lowest BCUT2D eigenvalue weighted by Crippen LogP contribution is -2.34. The van der Waals surface area contributed by atoms with Crippen molar-refractivity contribution in [1.82, 2.24) is 4.90 Å². The van der Waals surface area contributed by atoms with Gasteiger partial charge in [0.05, 0.1) is 0 Å². The molecule has 1 unspecified atom stereocenters. The van der Waals surface area contributed by atoms with E-state index in [9.17, 15) is 0 Å². The Morgan fingerprint density at radius 1 is 1.21 bits per heavy atom. The Labute approximate surface area is 88.9 Å². The fourth-order valence-corrected chi connectivity index (χ4v) is 3.63. The van der Waals surface area contributed by atoms with Gasteiger partial charge in [0.2, 0.25) is 0 Å². The predicted octanol–water partition coefficient (Wildman–Crippen LogP) is 3.15. The molecule has 0 N–H and O–H groups in total. The Hall–Kier alpha value is -0.0400. The minimum atomic E-state index is 0.581. The van der Waals surface area contributed by atoms with E-state index in [1.807, 2.05) is 0 Å². The molecule has 0 spiro atoms. The molecule has 1 nitrogen and oxygen atoms in total. The number of likely N-dealkylation sites (tertiary alicyclic amines) is 1. The zero-order valence-electron chi connectivity index (χ0n) is 10.4. The second kappa shape index (κ2) is 2.98. The molecule has 2 rings (SSSR count). The van der Waals surface area contributed by atoms with Crippen LogP contribution in [-0.2, 0) is 0 Å². The lowest BCUT2D eigenvalue weighted by Gasteiger charge is -2.36. The van der Waals surface area contributed by atoms with Crippen molar-refractivity contribution in [2.45, 2.75) is 53.5 Å². The average molecular weight is 195 g/mol. The van der Waals surface area contributed by atoms with Crippen molar-refractivity contribution in [3.63, 3.8) is 0 Å². The van der Waals surface area contributed by atoms with E-state index in [1.54, 1.807) is 0 Å². The molecule has 0 bridgehead atoms. The van der Waals surface area contributed by atoms with Gasteiger partial charge in [-0.25, -0.2) is 0 Å². The summed E-state index contributed by atoms with van der Waals surface area (Å²) in [5.41, 5.74) is 1.17. The van der Waals surface area contributed by atoms with Crippen LogP contribution < -0.4 is 0 Å². The zero-order chi connectivity index (χ0) is 10.6. The number of rotatable bonds is 1. The van der Waals surface area contributed by atoms with Crippen LogP contribution in [0, 0.1) is 16.7 Å². The van der Waals surface area contributed by atoms with Gasteiger partial charge >= 0.3 is 0 Å². The maximum Gasteiger partial charge on any atom is 0.00465 e. The summed E-state index contributed by atoms with van der Waals surface area (Å²) in [4.78, 5) is 2.68. The molecule has 82 valence electrons. The van der Waals surface area contributed by atoms with E-state index in [2.05, 4.69) is 39.5 Å². The van der Waals surface area contributed by atoms with Crippen LogP contribution in [0.2, 0.25) is 0 Å². The molecule has 0 amide bonds. The van der Waals surface area contributed by atoms with Gasteiger partial charge in [-0.1, -0.05) is 20.8 Å². The maximum absolute atomic E-state index is 2.68. The fourth-order valence-electron chi connectivity index (χ4n) is 3.63. The second-order valence-electron chi connectivity index (χ2n) is 6.42. The van der Waals surface area contributed by atoms with E-state index in [-0.39, 0.29) is 0 Å². The third-order valence-corrected chi connectivity index (χ3v) is 5.41. The highest BCUT2D eigenvalue weighted by atomic mass is 15.2. The fraction of sp³-hybridized carbons (Fsp3) is 1.00. The first-order valence-electron chi connectivity index (χ1n) is 6.13. The van der Waals surface area contributed by atoms with Crippen LogP contribution in [0.4, 0.5) is 0 Å². The van der Waals surface area contributed by atoms with Gasteiger partial charge in [-0.15, -0.1) is 0 Å². The summed E-state index contributed by atoms with van der Waals surface area (Å²) in [7, 11) is 0. The van der Waals surface area contributed by atoms with Gasteiger partial charge in [0.15, 0.2) is 0 Å². The Balaban J connectivity index is 2.24. The first-order chi connectivity index (χ1) is 6.39. The molecule has 0 radical (unpaired) electrons. The lowest BCUT2D eigenvalue weighted by molar-refractivity contribution is 0.138. The van der Waals surface area contributed by atoms with E-state index in [0.29, 0.717) is 10.8 Å². The van der Waals surface area contributed by atoms with E-state index >= 15 is 0 Å². The topological polar surface area (TPSA) is 3.24 Å². The van der Waals surface area contributed by atoms with Gasteiger partial charge in [-0.2, -0.15) is 0 Å². The van der Waals surface area contributed by atoms with Gasteiger partial charge in [-0.3, -0.25) is 4.90 Å². The molecule has 1 aliphatic carbocycles. The summed E-state index contributed by atoms with van der Waals surface area (Å²) in [6.07, 6.45) is 2.88. The number of hydrogen-bond donors (Lipinski definition) is 0. The molecule has 0 aromatic carbocycles. The van der Waals surface area contributed by atoms with Gasteiger partial charge in [0.25, 0.3) is 0 Å². The van der Waals surface area contributed by atoms with E-state index in [0.717, 1.165) is 12.0 Å². The van der Waals surface area contributed by atoms with Crippen molar-refractivity contribution in [1.29, 1.82) is 0 Å². The number of hydrogen-bond acceptors (Lipinski definition) is 1. The Bertz CT molecular complexity index is 235. The lowest BCUT2D eigenvalue weighted by atomic mass is 9.67. The highest BCUT2D eigenvalue weighted by Crippen LogP contribution is 2.60. The summed E-state index contributed by atoms with van der Waals surface area (Å²) in [6, 6.07) is 0.724. The van der Waals surface area contributed by atoms with E-state index in [1.165, 1.54) is 25.9 Å². The molecule has 0 aromatic heterocycles. The molecule has 2 fully saturated rings. The van der Waals surface area contributed by atoms with Gasteiger partial charge in [-0.05, 0) is 43.4 Å². The smallest absolute Gasteiger partial charge is 0.00465 e. The van der Waals surface area contributed by atoms with Gasteiger partial charge < -0.3 is 0 Å². The monoisotopic (exact) mass is 195 g/mol. The molecule has 1 heteroatoms. The molecular weight excluding hydrogens is 170 g/mol. The van der Waals surface area contributed by atoms with Crippen molar-refractivity contribution in [2.24, 2.45) is 16.7 Å². The van der Waals surface area contributed by atoms with Crippen LogP contribution in [0.3, 0.4) is 0 Å². The van der Waals surface area contributed by atoms with Crippen LogP contribution in [0.1, 0.15) is 47.5 Å². The molecule has 3 atom stereocenters. The zero-order valence-corrected chi connectivity index (χ0v) is 10.4. The highest BCUT2D eigenvalue weighted by Gasteiger charge is 2.58. The minimum absolute atomic E-state index is 0.581. The second-order valence-corrected chi connectivity index (χ2v) is 6.42. The molecule has 14 heavy (non-hydrogen) atoms. The molecule has 1 saturated heterocycles. The maximum atomic E-state index is 2.68. The summed E-state index contributed by atoms with van der Waals surface area (Å²) in [5, 5.41) is 0. The molecule has 2 aliphatic rings. The van der Waals surface area contributed by atoms with Crippen molar-refractivity contribution >= 4 is 0 Å². The summed E-state index contributed by atoms with van der Waals surface area (Å²) >= 11 is 0. The molecule has 1 saturated carbocycles. The SMILES string of the molecule is CC(C)N1C[C@]2(C)CCC(C)[C@]2(C)C1. The van der Waals surface area contributed by atoms with Crippen LogP contribution in [0.25, 0.3) is 0 Å². The standard InChI is InChI=1S/C13H25N/c1-10(2)14-8-12(4)7-6-11(3)13(12,5)9-14/h10-11H,6-9H2,1-5H3/t11?,12-,13-/m0/s1. The quantitative estimate of drug-likeness (QED) is 0.621. The van der Waals surface area contributed by atoms with Crippen molar-refractivity contribution < 1.29 is 0 Å². The molecule has 1 aliphatic heterocycles. The third-order valence-electron chi connectivity index (χ3n) is 5.41. The van der Waals surface area contributed by atoms with Crippen LogP contribution in [-0.4, -0.2) is 24.0 Å². The first-order valence-corrected chi connectivity index (χ1v) is 6.13. The van der Waals surface area contributed by atoms with Gasteiger partial charge in [0, 0.05) is 19.1 Å². The number of fused-ring (bicyclic) bond motifs is 1. The average Bonchev–Trinajstić information content (AvgIpc) is 2.47. The molecule has 0 aromatic rings. The van der Waals surface area contributed by atoms with Crippen molar-refractivity contribution in [3.8, 4) is 0 Å². The minimum Gasteiger partial charge on any atom is -0.300 e. The van der Waals surface area contributed by atoms with Gasteiger partial charge in [0.1, 0.15) is 0 Å². The van der Waals surface area contributed by atoms with E-state index < -0.39 is 0 Å². The summed E-state index contributed by atoms with van der Waals surface area (Å²) < 4.78 is 0. The Morgan fingerprint density at radius 2 is 1.86 bits per heavy atom. The predicted molar refractivity (Wildman–Crippen MR) is 61.3 cm³/mol. The normalized spacial score (nSPS) is 48.9. The highest BCUT2D eigenvalue weighted by molar-refractivity contribution is 5.09. The summed E-state index contributed by atoms with van der Waals surface area (Å²) in [6.45, 7) is 14.8. The third kappa shape index (κ3) is 1.18. The Kier molecular flexibility index (Phi) is 2.23. The Morgan fingerprint density at radius 3 is 2.36 bits per heavy atom. The summed E-state index contributed by atoms with van der Waals surface area (Å²) in [5.74, 6) is 0.913. The van der Waals surface area contributed by atoms with Crippen LogP contribution in [0.5, 0.6) is 0 Å². The van der Waals surface area contributed by atoms with Crippen LogP contribution in [0.15, 0.2) is 0 Å². The molecule has 1 heterocycles.